The van der Waals surface area contributed by atoms with Gasteiger partial charge < -0.3 is 10.1 Å². The van der Waals surface area contributed by atoms with Gasteiger partial charge in [0.2, 0.25) is 0 Å². The van der Waals surface area contributed by atoms with Gasteiger partial charge in [0.25, 0.3) is 5.91 Å². The molecule has 1 amide bonds. The van der Waals surface area contributed by atoms with Crippen molar-refractivity contribution < 1.29 is 9.53 Å². The van der Waals surface area contributed by atoms with E-state index in [-0.39, 0.29) is 5.91 Å². The van der Waals surface area contributed by atoms with Gasteiger partial charge in [0, 0.05) is 11.3 Å². The molecule has 3 rings (SSSR count). The van der Waals surface area contributed by atoms with Crippen molar-refractivity contribution in [3.8, 4) is 5.75 Å². The molecular weight excluding hydrogens is 381 g/mol. The first kappa shape index (κ1) is 17.7. The van der Waals surface area contributed by atoms with E-state index in [0.29, 0.717) is 33.7 Å². The van der Waals surface area contributed by atoms with Crippen LogP contribution in [0, 0.1) is 6.92 Å². The number of nitrogens with one attached hydrogen (secondary N) is 1. The van der Waals surface area contributed by atoms with E-state index < -0.39 is 0 Å². The molecule has 0 spiro atoms. The van der Waals surface area contributed by atoms with Crippen molar-refractivity contribution in [1.29, 1.82) is 0 Å². The summed E-state index contributed by atoms with van der Waals surface area (Å²) in [6.45, 7) is 2.18. The van der Waals surface area contributed by atoms with Gasteiger partial charge in [-0.05, 0) is 43.3 Å². The maximum atomic E-state index is 12.4. The van der Waals surface area contributed by atoms with Gasteiger partial charge in [0.15, 0.2) is 0 Å². The van der Waals surface area contributed by atoms with Crippen molar-refractivity contribution in [2.45, 2.75) is 13.5 Å². The van der Waals surface area contributed by atoms with E-state index in [1.807, 2.05) is 6.92 Å². The molecule has 0 atom stereocenters. The van der Waals surface area contributed by atoms with Gasteiger partial charge in [-0.15, -0.1) is 0 Å². The lowest BCUT2D eigenvalue weighted by Gasteiger charge is -2.09. The summed E-state index contributed by atoms with van der Waals surface area (Å²) in [7, 11) is 0. The zero-order valence-electron chi connectivity index (χ0n) is 13.1. The van der Waals surface area contributed by atoms with E-state index in [1.54, 1.807) is 42.5 Å². The van der Waals surface area contributed by atoms with Crippen molar-refractivity contribution in [1.82, 2.24) is 8.75 Å². The van der Waals surface area contributed by atoms with Gasteiger partial charge in [0.1, 0.15) is 18.1 Å². The third-order valence-electron chi connectivity index (χ3n) is 3.40. The largest absolute Gasteiger partial charge is 0.487 e. The molecule has 0 aliphatic heterocycles. The number of hydrogen-bond donors (Lipinski definition) is 1. The summed E-state index contributed by atoms with van der Waals surface area (Å²) in [4.78, 5) is 12.4. The minimum absolute atomic E-state index is 0.268. The van der Waals surface area contributed by atoms with Crippen LogP contribution in [0.3, 0.4) is 0 Å². The number of rotatable bonds is 5. The smallest absolute Gasteiger partial charge is 0.255 e. The first-order valence-corrected chi connectivity index (χ1v) is 8.79. The highest BCUT2D eigenvalue weighted by Crippen LogP contribution is 2.25. The molecule has 25 heavy (non-hydrogen) atoms. The summed E-state index contributed by atoms with van der Waals surface area (Å²) in [5.41, 5.74) is 2.67. The van der Waals surface area contributed by atoms with Crippen molar-refractivity contribution in [3.63, 3.8) is 0 Å². The van der Waals surface area contributed by atoms with Gasteiger partial charge in [0.05, 0.1) is 27.5 Å². The Kier molecular flexibility index (Phi) is 5.53. The van der Waals surface area contributed by atoms with Gasteiger partial charge in [-0.25, -0.2) is 0 Å². The molecule has 0 saturated heterocycles. The zero-order chi connectivity index (χ0) is 17.8. The van der Waals surface area contributed by atoms with Crippen LogP contribution in [0.25, 0.3) is 0 Å². The molecule has 1 N–H and O–H groups in total. The normalized spacial score (nSPS) is 10.5. The second kappa shape index (κ2) is 7.82. The molecule has 1 heterocycles. The Balaban J connectivity index is 1.68. The Morgan fingerprint density at radius 1 is 1.16 bits per heavy atom. The van der Waals surface area contributed by atoms with Crippen LogP contribution >= 0.6 is 34.9 Å². The fourth-order valence-electron chi connectivity index (χ4n) is 2.04. The number of benzene rings is 2. The first-order valence-electron chi connectivity index (χ1n) is 7.30. The number of aryl methyl sites for hydroxylation is 1. The van der Waals surface area contributed by atoms with Crippen LogP contribution in [0.1, 0.15) is 21.7 Å². The molecule has 5 nitrogen and oxygen atoms in total. The average molecular weight is 394 g/mol. The Labute approximate surface area is 158 Å². The van der Waals surface area contributed by atoms with E-state index in [0.717, 1.165) is 23.1 Å². The van der Waals surface area contributed by atoms with E-state index in [4.69, 9.17) is 27.9 Å². The van der Waals surface area contributed by atoms with Crippen LogP contribution in [0.15, 0.2) is 42.5 Å². The van der Waals surface area contributed by atoms with Gasteiger partial charge in [-0.3, -0.25) is 4.79 Å². The van der Waals surface area contributed by atoms with Crippen LogP contribution in [-0.4, -0.2) is 14.7 Å². The van der Waals surface area contributed by atoms with Crippen molar-refractivity contribution in [2.24, 2.45) is 0 Å². The molecule has 8 heteroatoms. The SMILES string of the molecule is Cc1nsnc1COc1cccc(C(=O)Nc2ccc(Cl)c(Cl)c2)c1. The number of anilines is 1. The summed E-state index contributed by atoms with van der Waals surface area (Å²) in [5.74, 6) is 0.310. The van der Waals surface area contributed by atoms with E-state index in [2.05, 4.69) is 14.1 Å². The van der Waals surface area contributed by atoms with Crippen molar-refractivity contribution in [3.05, 3.63) is 69.5 Å². The van der Waals surface area contributed by atoms with Gasteiger partial charge in [-0.1, -0.05) is 29.3 Å². The number of carbonyl (C=O) groups is 1. The van der Waals surface area contributed by atoms with Crippen molar-refractivity contribution >= 4 is 46.5 Å². The second-order valence-corrected chi connectivity index (χ2v) is 6.54. The molecule has 0 fully saturated rings. The van der Waals surface area contributed by atoms with Gasteiger partial charge >= 0.3 is 0 Å². The minimum Gasteiger partial charge on any atom is -0.487 e. The number of amides is 1. The Hall–Kier alpha value is -2.15. The Bertz CT molecular complexity index is 914. The highest BCUT2D eigenvalue weighted by atomic mass is 35.5. The lowest BCUT2D eigenvalue weighted by atomic mass is 10.2. The molecule has 2 aromatic carbocycles. The fraction of sp³-hybridized carbons (Fsp3) is 0.118. The molecule has 0 aliphatic carbocycles. The molecule has 0 radical (unpaired) electrons. The average Bonchev–Trinajstić information content (AvgIpc) is 3.01. The van der Waals surface area contributed by atoms with Crippen LogP contribution in [-0.2, 0) is 6.61 Å². The maximum absolute atomic E-state index is 12.4. The van der Waals surface area contributed by atoms with E-state index >= 15 is 0 Å². The lowest BCUT2D eigenvalue weighted by Crippen LogP contribution is -2.12. The van der Waals surface area contributed by atoms with Crippen LogP contribution in [0.5, 0.6) is 5.75 Å². The first-order chi connectivity index (χ1) is 12.0. The van der Waals surface area contributed by atoms with Crippen LogP contribution in [0.4, 0.5) is 5.69 Å². The van der Waals surface area contributed by atoms with Crippen LogP contribution in [0.2, 0.25) is 10.0 Å². The van der Waals surface area contributed by atoms with Crippen molar-refractivity contribution in [2.75, 3.05) is 5.32 Å². The number of halogens is 2. The summed E-state index contributed by atoms with van der Waals surface area (Å²) >= 11 is 13.0. The topological polar surface area (TPSA) is 64.1 Å². The third-order valence-corrected chi connectivity index (χ3v) is 4.79. The Morgan fingerprint density at radius 2 is 2.00 bits per heavy atom. The minimum atomic E-state index is -0.268. The summed E-state index contributed by atoms with van der Waals surface area (Å²) in [6, 6.07) is 11.8. The molecule has 3 aromatic rings. The molecular formula is C17H13Cl2N3O2S. The number of hydrogen-bond acceptors (Lipinski definition) is 5. The highest BCUT2D eigenvalue weighted by molar-refractivity contribution is 6.99. The van der Waals surface area contributed by atoms with E-state index in [9.17, 15) is 4.79 Å². The predicted molar refractivity (Wildman–Crippen MR) is 99.8 cm³/mol. The molecule has 0 unspecified atom stereocenters. The quantitative estimate of drug-likeness (QED) is 0.663. The molecule has 1 aromatic heterocycles. The number of ether oxygens (including phenoxy) is 1. The number of aromatic nitrogens is 2. The Morgan fingerprint density at radius 3 is 2.72 bits per heavy atom. The zero-order valence-corrected chi connectivity index (χ0v) is 15.5. The number of carbonyl (C=O) groups excluding carboxylic acids is 1. The van der Waals surface area contributed by atoms with E-state index in [1.165, 1.54) is 0 Å². The summed E-state index contributed by atoms with van der Waals surface area (Å²) in [6.07, 6.45) is 0. The second-order valence-electron chi connectivity index (χ2n) is 5.20. The van der Waals surface area contributed by atoms with Gasteiger partial charge in [-0.2, -0.15) is 8.75 Å². The monoisotopic (exact) mass is 393 g/mol. The maximum Gasteiger partial charge on any atom is 0.255 e. The molecule has 0 saturated carbocycles. The summed E-state index contributed by atoms with van der Waals surface area (Å²) in [5, 5.41) is 3.58. The number of nitrogens with zero attached hydrogens (tertiary/aromatic N) is 2. The standard InChI is InChI=1S/C17H13Cl2N3O2S/c1-10-16(22-25-21-10)9-24-13-4-2-3-11(7-13)17(23)20-12-5-6-14(18)15(19)8-12/h2-8H,9H2,1H3,(H,20,23). The molecule has 0 bridgehead atoms. The van der Waals surface area contributed by atoms with Crippen LogP contribution < -0.4 is 10.1 Å². The molecule has 128 valence electrons. The predicted octanol–water partition coefficient (Wildman–Crippen LogP) is 4.98. The highest BCUT2D eigenvalue weighted by Gasteiger charge is 2.10. The lowest BCUT2D eigenvalue weighted by molar-refractivity contribution is 0.102. The fourth-order valence-corrected chi connectivity index (χ4v) is 2.89. The third kappa shape index (κ3) is 4.48. The summed E-state index contributed by atoms with van der Waals surface area (Å²) < 4.78 is 14.0. The molecule has 0 aliphatic rings.